The third kappa shape index (κ3) is 11.7. The van der Waals surface area contributed by atoms with Crippen LogP contribution >= 0.6 is 0 Å². The van der Waals surface area contributed by atoms with Crippen molar-refractivity contribution in [2.24, 2.45) is 0 Å². The lowest BCUT2D eigenvalue weighted by Crippen LogP contribution is -2.27. The Labute approximate surface area is 714 Å². The predicted octanol–water partition coefficient (Wildman–Crippen LogP) is 30.5. The van der Waals surface area contributed by atoms with Gasteiger partial charge in [0.1, 0.15) is 44.7 Å². The van der Waals surface area contributed by atoms with Crippen molar-refractivity contribution < 1.29 is 17.7 Å². The van der Waals surface area contributed by atoms with Gasteiger partial charge in [-0.3, -0.25) is 0 Å². The van der Waals surface area contributed by atoms with Crippen LogP contribution in [0.15, 0.2) is 370 Å². The first-order valence-electron chi connectivity index (χ1n) is 43.4. The maximum atomic E-state index is 6.49. The molecule has 0 amide bonds. The normalized spacial score (nSPS) is 14.3. The Kier molecular flexibility index (Phi) is 16.6. The van der Waals surface area contributed by atoms with Gasteiger partial charge in [-0.05, 0) is 200 Å². The average Bonchev–Trinajstić information content (AvgIpc) is 1.56. The van der Waals surface area contributed by atoms with E-state index < -0.39 is 0 Å². The van der Waals surface area contributed by atoms with Gasteiger partial charge in [-0.15, -0.1) is 0 Å². The number of hydrogen-bond acceptors (Lipinski definition) is 10. The van der Waals surface area contributed by atoms with Crippen LogP contribution < -0.4 is 0 Å². The maximum Gasteiger partial charge on any atom is 0.167 e. The first-order valence-corrected chi connectivity index (χ1v) is 43.4. The van der Waals surface area contributed by atoms with E-state index in [0.29, 0.717) is 34.9 Å². The van der Waals surface area contributed by atoms with E-state index in [0.717, 1.165) is 143 Å². The molecular weight excluding hydrogens is 1520 g/mol. The van der Waals surface area contributed by atoms with Crippen molar-refractivity contribution >= 4 is 87.8 Å². The standard InChI is InChI=1S/2C57H39N3O2/c1-8-31-57(32-9-1)48-22-5-2-15-40(48)47-34-39(29-30-49(47)57)38-14-10-13-37(33-38)35-25-27-36(28-26-35)54-58-55(45-20-11-18-43-41-16-3-6-23-50(41)61-52(43)45)60-56(59-54)46-21-12-19-44-42-17-4-7-24-51(42)62-53(44)46;1-8-29-57(30-9-1)48-16-5-2-13-42(48)47-32-39(25-28-49(47)57)38-12-10-11-37(31-38)35-19-21-36(22-20-35)54-58-55(40-23-26-45-43-14-3-6-17-50(43)61-52(45)33-40)60-56(59-54)41-24-27-46-44-15-4-7-18-51(44)62-53(46)34-41/h2-7,10-30,33-34H,1,8-9,31-32H2;2-7,10-28,31-34H,1,8-9,29-30H2. The highest BCUT2D eigenvalue weighted by Crippen LogP contribution is 2.59. The van der Waals surface area contributed by atoms with Gasteiger partial charge >= 0.3 is 0 Å². The third-order valence-corrected chi connectivity index (χ3v) is 27.1. The Balaban J connectivity index is 0.000000136. The summed E-state index contributed by atoms with van der Waals surface area (Å²) >= 11 is 0. The minimum Gasteiger partial charge on any atom is -0.456 e. The van der Waals surface area contributed by atoms with Crippen molar-refractivity contribution in [2.45, 2.75) is 75.0 Å². The Morgan fingerprint density at radius 1 is 0.169 bits per heavy atom. The third-order valence-electron chi connectivity index (χ3n) is 27.1. The van der Waals surface area contributed by atoms with Gasteiger partial charge in [0.15, 0.2) is 34.9 Å². The summed E-state index contributed by atoms with van der Waals surface area (Å²) in [5.74, 6) is 3.37. The predicted molar refractivity (Wildman–Crippen MR) is 502 cm³/mol. The smallest absolute Gasteiger partial charge is 0.167 e. The van der Waals surface area contributed by atoms with Crippen LogP contribution in [0.1, 0.15) is 86.5 Å². The SMILES string of the molecule is c1cc(-c2ccc(-c3nc(-c4ccc5c(c4)oc4ccccc45)nc(-c4ccc5c(c4)oc4ccccc45)n3)cc2)cc(-c2ccc3c(c2)-c2ccccc2C32CCCCC2)c1.c1cc(-c2ccc(-c3nc(-c4cccc5c4oc4ccccc45)nc(-c4cccc5c4oc4ccccc45)n3)cc2)cc(-c2ccc3c(c2)-c2ccccc2C32CCCCC2)c1. The van der Waals surface area contributed by atoms with Crippen molar-refractivity contribution in [1.29, 1.82) is 0 Å². The molecule has 4 aliphatic carbocycles. The average molecular weight is 1600 g/mol. The van der Waals surface area contributed by atoms with E-state index in [-0.39, 0.29) is 10.8 Å². The first-order chi connectivity index (χ1) is 61.3. The van der Waals surface area contributed by atoms with Crippen LogP contribution in [-0.2, 0) is 10.8 Å². The van der Waals surface area contributed by atoms with Crippen molar-refractivity contribution in [1.82, 2.24) is 29.9 Å². The number of para-hydroxylation sites is 6. The highest BCUT2D eigenvalue weighted by atomic mass is 16.3. The van der Waals surface area contributed by atoms with Gasteiger partial charge in [0.2, 0.25) is 0 Å². The van der Waals surface area contributed by atoms with Crippen molar-refractivity contribution in [3.63, 3.8) is 0 Å². The number of benzene rings is 16. The Morgan fingerprint density at radius 2 is 0.452 bits per heavy atom. The number of furan rings is 4. The second kappa shape index (κ2) is 28.7. The molecule has 4 aliphatic rings. The largest absolute Gasteiger partial charge is 0.456 e. The molecular formula is C114H78N6O4. The Bertz CT molecular complexity index is 7830. The quantitative estimate of drug-likeness (QED) is 0.130. The van der Waals surface area contributed by atoms with E-state index in [2.05, 4.69) is 243 Å². The Hall–Kier alpha value is -15.3. The molecule has 0 bridgehead atoms. The molecule has 0 atom stereocenters. The summed E-state index contributed by atoms with van der Waals surface area (Å²) in [5, 5.41) is 8.44. The number of rotatable bonds is 10. The minimum absolute atomic E-state index is 0.161. The summed E-state index contributed by atoms with van der Waals surface area (Å²) in [4.78, 5) is 30.8. The molecule has 10 heteroatoms. The van der Waals surface area contributed by atoms with Crippen molar-refractivity contribution in [3.8, 4) is 135 Å². The molecule has 588 valence electrons. The molecule has 0 N–H and O–H groups in total. The van der Waals surface area contributed by atoms with Gasteiger partial charge in [-0.25, -0.2) is 29.9 Å². The number of fused-ring (bicyclic) bond motifs is 22. The van der Waals surface area contributed by atoms with Gasteiger partial charge in [0.05, 0.1) is 11.1 Å². The van der Waals surface area contributed by atoms with Crippen LogP contribution in [0.2, 0.25) is 0 Å². The lowest BCUT2D eigenvalue weighted by molar-refractivity contribution is 0.353. The van der Waals surface area contributed by atoms with Gasteiger partial charge in [-0.1, -0.05) is 305 Å². The molecule has 0 radical (unpaired) electrons. The van der Waals surface area contributed by atoms with Crippen LogP contribution in [0.5, 0.6) is 0 Å². The van der Waals surface area contributed by atoms with Crippen LogP contribution in [0.25, 0.3) is 223 Å². The van der Waals surface area contributed by atoms with E-state index in [1.165, 1.54) is 131 Å². The van der Waals surface area contributed by atoms with Crippen molar-refractivity contribution in [2.75, 3.05) is 0 Å². The fourth-order valence-corrected chi connectivity index (χ4v) is 21.1. The molecule has 2 spiro atoms. The molecule has 0 unspecified atom stereocenters. The highest BCUT2D eigenvalue weighted by molar-refractivity contribution is 6.12. The van der Waals surface area contributed by atoms with E-state index in [9.17, 15) is 0 Å². The summed E-state index contributed by atoms with van der Waals surface area (Å²) in [7, 11) is 0. The zero-order valence-corrected chi connectivity index (χ0v) is 67.9. The molecule has 26 rings (SSSR count). The molecule has 0 aliphatic heterocycles. The minimum atomic E-state index is 0.161. The second-order valence-electron chi connectivity index (χ2n) is 34.0. The molecule has 2 fully saturated rings. The summed E-state index contributed by atoms with van der Waals surface area (Å²) in [6.07, 6.45) is 12.8. The first kappa shape index (κ1) is 71.6. The van der Waals surface area contributed by atoms with Crippen LogP contribution in [0.3, 0.4) is 0 Å². The molecule has 124 heavy (non-hydrogen) atoms. The van der Waals surface area contributed by atoms with E-state index in [1.54, 1.807) is 0 Å². The molecule has 2 saturated carbocycles. The molecule has 6 aromatic heterocycles. The maximum absolute atomic E-state index is 6.49. The summed E-state index contributed by atoms with van der Waals surface area (Å²) in [5.41, 5.74) is 33.0. The highest BCUT2D eigenvalue weighted by Gasteiger charge is 2.45. The lowest BCUT2D eigenvalue weighted by atomic mass is 9.68. The molecule has 22 aromatic rings. The second-order valence-corrected chi connectivity index (χ2v) is 34.0. The fourth-order valence-electron chi connectivity index (χ4n) is 21.1. The van der Waals surface area contributed by atoms with Gasteiger partial charge in [0, 0.05) is 76.2 Å². The molecule has 6 heterocycles. The van der Waals surface area contributed by atoms with Gasteiger partial charge < -0.3 is 17.7 Å². The topological polar surface area (TPSA) is 130 Å². The van der Waals surface area contributed by atoms with Crippen LogP contribution in [0.4, 0.5) is 0 Å². The Morgan fingerprint density at radius 3 is 0.879 bits per heavy atom. The zero-order chi connectivity index (χ0) is 81.6. The molecule has 0 saturated heterocycles. The molecule has 16 aromatic carbocycles. The van der Waals surface area contributed by atoms with Gasteiger partial charge in [-0.2, -0.15) is 0 Å². The van der Waals surface area contributed by atoms with Crippen LogP contribution in [-0.4, -0.2) is 29.9 Å². The van der Waals surface area contributed by atoms with E-state index in [4.69, 9.17) is 47.6 Å². The number of nitrogens with zero attached hydrogens (tertiary/aromatic N) is 6. The fraction of sp³-hybridized carbons (Fsp3) is 0.105. The van der Waals surface area contributed by atoms with Crippen molar-refractivity contribution in [3.05, 3.63) is 374 Å². The molecule has 10 nitrogen and oxygen atoms in total. The number of hydrogen-bond donors (Lipinski definition) is 0. The summed E-state index contributed by atoms with van der Waals surface area (Å²) in [6.45, 7) is 0. The zero-order valence-electron chi connectivity index (χ0n) is 67.9. The van der Waals surface area contributed by atoms with E-state index in [1.807, 2.05) is 109 Å². The lowest BCUT2D eigenvalue weighted by Gasteiger charge is -2.36. The monoisotopic (exact) mass is 1590 g/mol. The van der Waals surface area contributed by atoms with E-state index >= 15 is 0 Å². The van der Waals surface area contributed by atoms with Crippen LogP contribution in [0, 0.1) is 0 Å². The number of aromatic nitrogens is 6. The van der Waals surface area contributed by atoms with Gasteiger partial charge in [0.25, 0.3) is 0 Å². The summed E-state index contributed by atoms with van der Waals surface area (Å²) in [6, 6.07) is 125. The summed E-state index contributed by atoms with van der Waals surface area (Å²) < 4.78 is 25.6.